The largest absolute Gasteiger partial charge is 0.454 e. The molecule has 156 valence electrons. The molecule has 2 aliphatic heterocycles. The van der Waals surface area contributed by atoms with Crippen LogP contribution in [0.25, 0.3) is 16.3 Å². The molecule has 1 aliphatic carbocycles. The Kier molecular flexibility index (Phi) is 3.94. The summed E-state index contributed by atoms with van der Waals surface area (Å²) in [5.41, 5.74) is 4.87. The lowest BCUT2D eigenvalue weighted by Gasteiger charge is -2.40. The SMILES string of the molecule is CC1(C)CC(=O)C2=C(C1)c1c(ccc3ccccc13)N[C@@H]2c1cc2c(cc1Cl)OCO2. The summed E-state index contributed by atoms with van der Waals surface area (Å²) in [5.74, 6) is 1.48. The second-order valence-electron chi connectivity index (χ2n) is 9.35. The monoisotopic (exact) mass is 431 g/mol. The van der Waals surface area contributed by atoms with Crippen LogP contribution >= 0.6 is 11.6 Å². The van der Waals surface area contributed by atoms with Crippen LogP contribution in [0.3, 0.4) is 0 Å². The summed E-state index contributed by atoms with van der Waals surface area (Å²) in [5, 5.41) is 6.54. The van der Waals surface area contributed by atoms with Crippen LogP contribution < -0.4 is 14.8 Å². The smallest absolute Gasteiger partial charge is 0.231 e. The van der Waals surface area contributed by atoms with E-state index in [9.17, 15) is 4.79 Å². The van der Waals surface area contributed by atoms with Crippen LogP contribution in [0, 0.1) is 5.41 Å². The fourth-order valence-corrected chi connectivity index (χ4v) is 5.49. The average Bonchev–Trinajstić information content (AvgIpc) is 3.18. The maximum atomic E-state index is 13.5. The Morgan fingerprint density at radius 3 is 2.65 bits per heavy atom. The molecule has 0 aromatic heterocycles. The van der Waals surface area contributed by atoms with Crippen molar-refractivity contribution in [1.29, 1.82) is 0 Å². The van der Waals surface area contributed by atoms with Crippen molar-refractivity contribution < 1.29 is 14.3 Å². The number of ketones is 1. The molecule has 3 aliphatic rings. The topological polar surface area (TPSA) is 47.6 Å². The number of rotatable bonds is 1. The lowest BCUT2D eigenvalue weighted by molar-refractivity contribution is -0.118. The number of ether oxygens (including phenoxy) is 2. The van der Waals surface area contributed by atoms with Crippen molar-refractivity contribution in [3.63, 3.8) is 0 Å². The van der Waals surface area contributed by atoms with Gasteiger partial charge in [-0.2, -0.15) is 0 Å². The highest BCUT2D eigenvalue weighted by molar-refractivity contribution is 6.32. The normalized spacial score (nSPS) is 21.0. The fourth-order valence-electron chi connectivity index (χ4n) is 5.22. The summed E-state index contributed by atoms with van der Waals surface area (Å²) in [6.45, 7) is 4.53. The summed E-state index contributed by atoms with van der Waals surface area (Å²) < 4.78 is 11.1. The Bertz CT molecular complexity index is 1310. The zero-order chi connectivity index (χ0) is 21.3. The van der Waals surface area contributed by atoms with E-state index in [1.165, 1.54) is 10.8 Å². The van der Waals surface area contributed by atoms with Gasteiger partial charge in [0.1, 0.15) is 0 Å². The number of halogens is 1. The summed E-state index contributed by atoms with van der Waals surface area (Å²) >= 11 is 6.69. The molecule has 0 radical (unpaired) electrons. The molecule has 5 heteroatoms. The Hall–Kier alpha value is -2.98. The lowest BCUT2D eigenvalue weighted by Crippen LogP contribution is -2.33. The molecule has 31 heavy (non-hydrogen) atoms. The molecule has 0 spiro atoms. The maximum Gasteiger partial charge on any atom is 0.231 e. The van der Waals surface area contributed by atoms with Crippen LogP contribution in [0.5, 0.6) is 11.5 Å². The number of Topliss-reactive ketones (excluding diaryl/α,β-unsaturated/α-hetero) is 1. The third-order valence-corrected chi connectivity index (χ3v) is 6.87. The molecule has 3 aromatic carbocycles. The highest BCUT2D eigenvalue weighted by atomic mass is 35.5. The van der Waals surface area contributed by atoms with Gasteiger partial charge < -0.3 is 14.8 Å². The predicted molar refractivity (Wildman–Crippen MR) is 123 cm³/mol. The third-order valence-electron chi connectivity index (χ3n) is 6.54. The van der Waals surface area contributed by atoms with Gasteiger partial charge in [-0.3, -0.25) is 4.79 Å². The number of benzene rings is 3. The number of anilines is 1. The summed E-state index contributed by atoms with van der Waals surface area (Å²) in [4.78, 5) is 13.5. The van der Waals surface area contributed by atoms with Gasteiger partial charge in [0.25, 0.3) is 0 Å². The second kappa shape index (κ2) is 6.51. The van der Waals surface area contributed by atoms with Crippen molar-refractivity contribution in [3.8, 4) is 11.5 Å². The van der Waals surface area contributed by atoms with Gasteiger partial charge in [-0.15, -0.1) is 0 Å². The molecule has 1 atom stereocenters. The van der Waals surface area contributed by atoms with Gasteiger partial charge in [0, 0.05) is 34.9 Å². The van der Waals surface area contributed by atoms with Gasteiger partial charge in [-0.1, -0.05) is 55.8 Å². The minimum absolute atomic E-state index is 0.0926. The van der Waals surface area contributed by atoms with Crippen molar-refractivity contribution >= 4 is 39.4 Å². The first kappa shape index (κ1) is 18.8. The number of allylic oxidation sites excluding steroid dienone is 1. The van der Waals surface area contributed by atoms with E-state index >= 15 is 0 Å². The Balaban J connectivity index is 1.62. The van der Waals surface area contributed by atoms with E-state index in [-0.39, 0.29) is 24.0 Å². The minimum atomic E-state index is -0.325. The van der Waals surface area contributed by atoms with Gasteiger partial charge in [0.15, 0.2) is 17.3 Å². The molecule has 4 nitrogen and oxygen atoms in total. The summed E-state index contributed by atoms with van der Waals surface area (Å²) in [6.07, 6.45) is 1.36. The zero-order valence-corrected chi connectivity index (χ0v) is 18.2. The standard InChI is InChI=1S/C26H22ClNO3/c1-26(2)11-17-23-15-6-4-3-5-14(15)7-8-19(23)28-25(24(17)20(29)12-26)16-9-21-22(10-18(16)27)31-13-30-21/h3-10,25,28H,11-13H2,1-2H3/t25-/m1/s1. The molecule has 0 bridgehead atoms. The number of hydrogen-bond acceptors (Lipinski definition) is 4. The molecule has 0 fully saturated rings. The van der Waals surface area contributed by atoms with Crippen LogP contribution in [-0.4, -0.2) is 12.6 Å². The molecule has 6 rings (SSSR count). The molecule has 0 saturated carbocycles. The highest BCUT2D eigenvalue weighted by Crippen LogP contribution is 2.53. The molecule has 2 heterocycles. The van der Waals surface area contributed by atoms with E-state index in [0.717, 1.165) is 34.4 Å². The molecular formula is C26H22ClNO3. The minimum Gasteiger partial charge on any atom is -0.454 e. The summed E-state index contributed by atoms with van der Waals surface area (Å²) in [7, 11) is 0. The number of carbonyl (C=O) groups is 1. The van der Waals surface area contributed by atoms with E-state index in [4.69, 9.17) is 21.1 Å². The van der Waals surface area contributed by atoms with Crippen LogP contribution in [0.1, 0.15) is 43.9 Å². The number of hydrogen-bond donors (Lipinski definition) is 1. The number of nitrogens with one attached hydrogen (secondary N) is 1. The molecular weight excluding hydrogens is 410 g/mol. The molecule has 0 unspecified atom stereocenters. The first-order valence-electron chi connectivity index (χ1n) is 10.6. The van der Waals surface area contributed by atoms with E-state index in [0.29, 0.717) is 22.9 Å². The number of carbonyl (C=O) groups excluding carboxylic acids is 1. The van der Waals surface area contributed by atoms with Gasteiger partial charge in [-0.05, 0) is 40.3 Å². The maximum absolute atomic E-state index is 13.5. The summed E-state index contributed by atoms with van der Waals surface area (Å²) in [6, 6.07) is 16.0. The van der Waals surface area contributed by atoms with E-state index in [1.54, 1.807) is 6.07 Å². The van der Waals surface area contributed by atoms with Crippen molar-refractivity contribution in [1.82, 2.24) is 0 Å². The van der Waals surface area contributed by atoms with Crippen molar-refractivity contribution in [2.24, 2.45) is 5.41 Å². The van der Waals surface area contributed by atoms with Gasteiger partial charge in [-0.25, -0.2) is 0 Å². The zero-order valence-electron chi connectivity index (χ0n) is 17.4. The molecule has 3 aromatic rings. The molecule has 0 saturated heterocycles. The Morgan fingerprint density at radius 2 is 1.81 bits per heavy atom. The quantitative estimate of drug-likeness (QED) is 0.475. The third kappa shape index (κ3) is 2.85. The second-order valence-corrected chi connectivity index (χ2v) is 9.75. The van der Waals surface area contributed by atoms with Crippen LogP contribution in [0.2, 0.25) is 5.02 Å². The first-order valence-corrected chi connectivity index (χ1v) is 10.9. The Labute approximate surface area is 185 Å². The molecule has 0 amide bonds. The van der Waals surface area contributed by atoms with Crippen LogP contribution in [0.4, 0.5) is 5.69 Å². The lowest BCUT2D eigenvalue weighted by atomic mass is 9.68. The van der Waals surface area contributed by atoms with Crippen molar-refractivity contribution in [3.05, 3.63) is 70.3 Å². The van der Waals surface area contributed by atoms with Crippen molar-refractivity contribution in [2.45, 2.75) is 32.7 Å². The average molecular weight is 432 g/mol. The van der Waals surface area contributed by atoms with Gasteiger partial charge in [0.2, 0.25) is 6.79 Å². The number of fused-ring (bicyclic) bond motifs is 5. The van der Waals surface area contributed by atoms with Gasteiger partial charge >= 0.3 is 0 Å². The highest BCUT2D eigenvalue weighted by Gasteiger charge is 2.41. The fraction of sp³-hybridized carbons (Fsp3) is 0.269. The van der Waals surface area contributed by atoms with E-state index in [1.807, 2.05) is 12.1 Å². The predicted octanol–water partition coefficient (Wildman–Crippen LogP) is 6.53. The molecule has 1 N–H and O–H groups in total. The van der Waals surface area contributed by atoms with Crippen LogP contribution in [-0.2, 0) is 4.79 Å². The Morgan fingerprint density at radius 1 is 1.03 bits per heavy atom. The van der Waals surface area contributed by atoms with Crippen molar-refractivity contribution in [2.75, 3.05) is 12.1 Å². The van der Waals surface area contributed by atoms with Gasteiger partial charge in [0.05, 0.1) is 11.1 Å². The van der Waals surface area contributed by atoms with E-state index in [2.05, 4.69) is 49.5 Å². The van der Waals surface area contributed by atoms with Crippen LogP contribution in [0.15, 0.2) is 54.1 Å². The first-order chi connectivity index (χ1) is 14.9. The van der Waals surface area contributed by atoms with E-state index < -0.39 is 0 Å².